The Bertz CT molecular complexity index is 763. The van der Waals surface area contributed by atoms with Gasteiger partial charge >= 0.3 is 0 Å². The van der Waals surface area contributed by atoms with Gasteiger partial charge < -0.3 is 4.74 Å². The highest BCUT2D eigenvalue weighted by atomic mass is 32.2. The molecule has 2 aromatic rings. The second-order valence-electron chi connectivity index (χ2n) is 6.50. The average Bonchev–Trinajstić information content (AvgIpc) is 2.85. The maximum Gasteiger partial charge on any atom is 0.128 e. The van der Waals surface area contributed by atoms with E-state index >= 15 is 0 Å². The summed E-state index contributed by atoms with van der Waals surface area (Å²) in [6.07, 6.45) is 5.08. The number of aromatic nitrogens is 2. The molecule has 7 heteroatoms. The van der Waals surface area contributed by atoms with Gasteiger partial charge in [-0.2, -0.15) is 0 Å². The average molecular weight is 378 g/mol. The molecule has 4 atom stereocenters. The van der Waals surface area contributed by atoms with Crippen molar-refractivity contribution < 1.29 is 9.13 Å². The molecule has 1 aromatic carbocycles. The van der Waals surface area contributed by atoms with Gasteiger partial charge in [-0.3, -0.25) is 9.97 Å². The quantitative estimate of drug-likeness (QED) is 0.803. The highest BCUT2D eigenvalue weighted by Crippen LogP contribution is 2.47. The van der Waals surface area contributed by atoms with Crippen molar-refractivity contribution in [2.75, 3.05) is 12.4 Å². The lowest BCUT2D eigenvalue weighted by Crippen LogP contribution is -2.47. The minimum atomic E-state index is -0.524. The molecule has 3 heterocycles. The van der Waals surface area contributed by atoms with Gasteiger partial charge in [-0.1, -0.05) is 11.9 Å². The number of benzene rings is 1. The van der Waals surface area contributed by atoms with E-state index in [-0.39, 0.29) is 17.8 Å². The summed E-state index contributed by atoms with van der Waals surface area (Å²) in [5, 5.41) is 0. The van der Waals surface area contributed by atoms with E-state index in [0.717, 1.165) is 17.0 Å². The minimum absolute atomic E-state index is 0.0884. The summed E-state index contributed by atoms with van der Waals surface area (Å²) in [7, 11) is 0. The molecule has 2 fully saturated rings. The highest BCUT2D eigenvalue weighted by molar-refractivity contribution is 8.16. The molecule has 0 saturated carbocycles. The molecule has 0 radical (unpaired) electrons. The molecule has 25 heavy (non-hydrogen) atoms. The van der Waals surface area contributed by atoms with E-state index < -0.39 is 5.54 Å². The van der Waals surface area contributed by atoms with Crippen LogP contribution in [-0.4, -0.2) is 33.0 Å². The van der Waals surface area contributed by atoms with Crippen LogP contribution in [0.1, 0.15) is 19.4 Å². The summed E-state index contributed by atoms with van der Waals surface area (Å²) < 4.78 is 24.9. The van der Waals surface area contributed by atoms with Gasteiger partial charge in [0.25, 0.3) is 0 Å². The van der Waals surface area contributed by atoms with Crippen molar-refractivity contribution in [2.45, 2.75) is 30.1 Å². The SMILES string of the molecule is CC1SCC2C(C)OCC2(c2cc(-c3cnccn3)ccc2F)NS1. The number of rotatable bonds is 2. The summed E-state index contributed by atoms with van der Waals surface area (Å²) in [5.41, 5.74) is 1.75. The Hall–Kier alpha value is -1.15. The van der Waals surface area contributed by atoms with E-state index in [1.165, 1.54) is 6.07 Å². The predicted molar refractivity (Wildman–Crippen MR) is 101 cm³/mol. The van der Waals surface area contributed by atoms with Crippen molar-refractivity contribution in [3.8, 4) is 11.3 Å². The minimum Gasteiger partial charge on any atom is -0.376 e. The van der Waals surface area contributed by atoms with Crippen molar-refractivity contribution in [3.63, 3.8) is 0 Å². The number of hydrogen-bond acceptors (Lipinski definition) is 6. The van der Waals surface area contributed by atoms with Crippen LogP contribution in [0.5, 0.6) is 0 Å². The van der Waals surface area contributed by atoms with E-state index in [2.05, 4.69) is 28.5 Å². The standard InChI is InChI=1S/C18H20FN3OS2/c1-11-15-9-24-12(2)25-22-18(15,10-23-11)14-7-13(3-4-16(14)19)17-8-20-5-6-21-17/h3-8,11-12,15,22H,9-10H2,1-2H3. The van der Waals surface area contributed by atoms with E-state index in [4.69, 9.17) is 4.74 Å². The molecule has 0 bridgehead atoms. The lowest BCUT2D eigenvalue weighted by atomic mass is 9.79. The fourth-order valence-corrected chi connectivity index (χ4v) is 5.92. The Kier molecular flexibility index (Phi) is 4.75. The van der Waals surface area contributed by atoms with Gasteiger partial charge in [0.2, 0.25) is 0 Å². The van der Waals surface area contributed by atoms with Gasteiger partial charge in [-0.15, -0.1) is 11.8 Å². The number of fused-ring (bicyclic) bond motifs is 1. The molecule has 0 spiro atoms. The normalized spacial score (nSPS) is 32.2. The van der Waals surface area contributed by atoms with E-state index in [1.54, 1.807) is 36.6 Å². The number of ether oxygens (including phenoxy) is 1. The molecule has 0 aliphatic carbocycles. The second-order valence-corrected chi connectivity index (χ2v) is 9.32. The molecule has 0 amide bonds. The molecule has 2 aliphatic rings. The van der Waals surface area contributed by atoms with Gasteiger partial charge in [0, 0.05) is 35.2 Å². The van der Waals surface area contributed by atoms with E-state index in [9.17, 15) is 4.39 Å². The molecular weight excluding hydrogens is 357 g/mol. The van der Waals surface area contributed by atoms with Gasteiger partial charge in [0.05, 0.1) is 34.7 Å². The molecule has 4 nitrogen and oxygen atoms in total. The van der Waals surface area contributed by atoms with Gasteiger partial charge in [0.1, 0.15) is 5.82 Å². The van der Waals surface area contributed by atoms with Gasteiger partial charge in [-0.05, 0) is 32.0 Å². The van der Waals surface area contributed by atoms with E-state index in [0.29, 0.717) is 16.8 Å². The summed E-state index contributed by atoms with van der Waals surface area (Å²) in [6, 6.07) is 5.19. The number of nitrogens with zero attached hydrogens (tertiary/aromatic N) is 2. The van der Waals surface area contributed by atoms with Crippen LogP contribution in [0.4, 0.5) is 4.39 Å². The van der Waals surface area contributed by atoms with Crippen LogP contribution in [0.15, 0.2) is 36.8 Å². The van der Waals surface area contributed by atoms with Crippen molar-refractivity contribution in [1.29, 1.82) is 0 Å². The largest absolute Gasteiger partial charge is 0.376 e. The Morgan fingerprint density at radius 3 is 3.00 bits per heavy atom. The van der Waals surface area contributed by atoms with Crippen LogP contribution >= 0.6 is 23.7 Å². The fourth-order valence-electron chi connectivity index (χ4n) is 3.54. The maximum atomic E-state index is 14.9. The summed E-state index contributed by atoms with van der Waals surface area (Å²) in [5.74, 6) is 0.946. The third-order valence-corrected chi connectivity index (χ3v) is 7.53. The third-order valence-electron chi connectivity index (χ3n) is 5.00. The lowest BCUT2D eigenvalue weighted by Gasteiger charge is -2.34. The van der Waals surface area contributed by atoms with Crippen molar-refractivity contribution >= 4 is 23.7 Å². The molecule has 132 valence electrons. The number of thioether (sulfide) groups is 1. The second kappa shape index (κ2) is 6.87. The van der Waals surface area contributed by atoms with Crippen LogP contribution < -0.4 is 4.72 Å². The summed E-state index contributed by atoms with van der Waals surface area (Å²) in [6.45, 7) is 4.73. The van der Waals surface area contributed by atoms with E-state index in [1.807, 2.05) is 17.8 Å². The number of halogens is 1. The van der Waals surface area contributed by atoms with Crippen molar-refractivity contribution in [2.24, 2.45) is 5.92 Å². The number of nitrogens with one attached hydrogen (secondary N) is 1. The van der Waals surface area contributed by atoms with Crippen LogP contribution in [0.3, 0.4) is 0 Å². The van der Waals surface area contributed by atoms with Crippen LogP contribution in [0.25, 0.3) is 11.3 Å². The topological polar surface area (TPSA) is 47.0 Å². The molecule has 4 unspecified atom stereocenters. The van der Waals surface area contributed by atoms with Crippen LogP contribution in [0.2, 0.25) is 0 Å². The number of hydrogen-bond donors (Lipinski definition) is 1. The first-order valence-corrected chi connectivity index (χ1v) is 10.3. The third kappa shape index (κ3) is 3.07. The Balaban J connectivity index is 1.81. The van der Waals surface area contributed by atoms with Crippen molar-refractivity contribution in [1.82, 2.24) is 14.7 Å². The molecule has 4 rings (SSSR count). The molecule has 1 aromatic heterocycles. The van der Waals surface area contributed by atoms with Gasteiger partial charge in [0.15, 0.2) is 0 Å². The zero-order valence-corrected chi connectivity index (χ0v) is 15.7. The zero-order valence-electron chi connectivity index (χ0n) is 14.1. The molecular formula is C18H20FN3OS2. The predicted octanol–water partition coefficient (Wildman–Crippen LogP) is 3.84. The Morgan fingerprint density at radius 2 is 2.20 bits per heavy atom. The molecule has 1 N–H and O–H groups in total. The van der Waals surface area contributed by atoms with Gasteiger partial charge in [-0.25, -0.2) is 9.11 Å². The monoisotopic (exact) mass is 377 g/mol. The summed E-state index contributed by atoms with van der Waals surface area (Å²) >= 11 is 3.55. The molecule has 2 saturated heterocycles. The lowest BCUT2D eigenvalue weighted by molar-refractivity contribution is 0.107. The van der Waals surface area contributed by atoms with Crippen LogP contribution in [0, 0.1) is 11.7 Å². The summed E-state index contributed by atoms with van der Waals surface area (Å²) in [4.78, 5) is 8.47. The fraction of sp³-hybridized carbons (Fsp3) is 0.444. The Morgan fingerprint density at radius 1 is 1.32 bits per heavy atom. The first kappa shape index (κ1) is 17.3. The first-order valence-electron chi connectivity index (χ1n) is 8.32. The first-order chi connectivity index (χ1) is 12.1. The zero-order chi connectivity index (χ0) is 17.4. The van der Waals surface area contributed by atoms with Crippen molar-refractivity contribution in [3.05, 3.63) is 48.2 Å². The maximum absolute atomic E-state index is 14.9. The Labute approximate surface area is 155 Å². The molecule has 2 aliphatic heterocycles. The smallest absolute Gasteiger partial charge is 0.128 e. The highest BCUT2D eigenvalue weighted by Gasteiger charge is 2.52. The van der Waals surface area contributed by atoms with Crippen LogP contribution in [-0.2, 0) is 10.3 Å².